The number of hydrogen-bond acceptors (Lipinski definition) is 4. The Labute approximate surface area is 197 Å². The number of hydrogen-bond donors (Lipinski definition) is 0. The van der Waals surface area contributed by atoms with E-state index in [1.165, 1.54) is 61.9 Å². The first-order valence-corrected chi connectivity index (χ1v) is 13.1. The van der Waals surface area contributed by atoms with Crippen molar-refractivity contribution in [2.24, 2.45) is 5.92 Å². The van der Waals surface area contributed by atoms with Crippen molar-refractivity contribution < 1.29 is 0 Å². The molecule has 0 amide bonds. The lowest BCUT2D eigenvalue weighted by Crippen LogP contribution is -2.33. The first-order chi connectivity index (χ1) is 15.8. The zero-order chi connectivity index (χ0) is 22.0. The molecule has 1 saturated heterocycles. The first-order valence-electron chi connectivity index (χ1n) is 12.1. The second-order valence-electron chi connectivity index (χ2n) is 8.87. The number of benzene rings is 2. The fraction of sp³-hybridized carbons (Fsp3) is 0.429. The molecule has 1 aliphatic heterocycles. The highest BCUT2D eigenvalue weighted by Gasteiger charge is 2.19. The van der Waals surface area contributed by atoms with Crippen LogP contribution in [-0.4, -0.2) is 33.9 Å². The molecule has 4 rings (SSSR count). The van der Waals surface area contributed by atoms with Crippen molar-refractivity contribution in [1.82, 2.24) is 15.1 Å². The van der Waals surface area contributed by atoms with Gasteiger partial charge in [-0.25, -0.2) is 0 Å². The van der Waals surface area contributed by atoms with Gasteiger partial charge in [0.2, 0.25) is 0 Å². The Morgan fingerprint density at radius 2 is 1.66 bits per heavy atom. The molecule has 1 aromatic heterocycles. The number of thioether (sulfide) groups is 1. The van der Waals surface area contributed by atoms with Crippen LogP contribution in [0.5, 0.6) is 0 Å². The van der Waals surface area contributed by atoms with E-state index in [1.54, 1.807) is 0 Å². The lowest BCUT2D eigenvalue weighted by molar-refractivity contribution is 0.175. The van der Waals surface area contributed by atoms with Gasteiger partial charge in [-0.3, -0.25) is 4.90 Å². The van der Waals surface area contributed by atoms with Crippen molar-refractivity contribution in [3.8, 4) is 11.3 Å². The number of unbranched alkanes of at least 4 members (excludes halogenated alkanes) is 1. The van der Waals surface area contributed by atoms with Crippen LogP contribution in [0.3, 0.4) is 0 Å². The van der Waals surface area contributed by atoms with Gasteiger partial charge in [0.1, 0.15) is 5.03 Å². The minimum atomic E-state index is 0.839. The minimum Gasteiger partial charge on any atom is -0.299 e. The van der Waals surface area contributed by atoms with Gasteiger partial charge in [-0.1, -0.05) is 74.0 Å². The van der Waals surface area contributed by atoms with Gasteiger partial charge in [-0.15, -0.1) is 22.0 Å². The van der Waals surface area contributed by atoms with Crippen LogP contribution < -0.4 is 0 Å². The van der Waals surface area contributed by atoms with Crippen LogP contribution in [0.1, 0.15) is 50.2 Å². The summed E-state index contributed by atoms with van der Waals surface area (Å²) in [5.74, 6) is 1.97. The predicted molar refractivity (Wildman–Crippen MR) is 136 cm³/mol. The summed E-state index contributed by atoms with van der Waals surface area (Å²) in [7, 11) is 0. The van der Waals surface area contributed by atoms with Crippen molar-refractivity contribution >= 4 is 11.8 Å². The normalized spacial score (nSPS) is 15.2. The van der Waals surface area contributed by atoms with Crippen molar-refractivity contribution in [2.45, 2.75) is 57.0 Å². The van der Waals surface area contributed by atoms with Gasteiger partial charge < -0.3 is 0 Å². The van der Waals surface area contributed by atoms with Crippen LogP contribution in [0.25, 0.3) is 11.3 Å². The van der Waals surface area contributed by atoms with Gasteiger partial charge >= 0.3 is 0 Å². The third-order valence-electron chi connectivity index (χ3n) is 6.43. The molecule has 1 fully saturated rings. The number of aromatic nitrogens is 2. The highest BCUT2D eigenvalue weighted by molar-refractivity contribution is 7.99. The molecule has 0 aliphatic carbocycles. The van der Waals surface area contributed by atoms with Gasteiger partial charge in [0, 0.05) is 12.1 Å². The van der Waals surface area contributed by atoms with Crippen molar-refractivity contribution in [3.63, 3.8) is 0 Å². The monoisotopic (exact) mass is 445 g/mol. The maximum atomic E-state index is 4.64. The molecule has 0 saturated carbocycles. The molecule has 168 valence electrons. The smallest absolute Gasteiger partial charge is 0.119 e. The van der Waals surface area contributed by atoms with Crippen LogP contribution in [0.4, 0.5) is 0 Å². The summed E-state index contributed by atoms with van der Waals surface area (Å²) in [5, 5.41) is 10.3. The third-order valence-corrected chi connectivity index (χ3v) is 7.36. The SMILES string of the molecule is CCCCc1cc(SCCC2CCN(Cc3ccccc3)CC2)nnc1-c1ccccc1. The second kappa shape index (κ2) is 12.2. The fourth-order valence-corrected chi connectivity index (χ4v) is 5.47. The molecule has 0 spiro atoms. The lowest BCUT2D eigenvalue weighted by Gasteiger charge is -2.32. The van der Waals surface area contributed by atoms with Crippen LogP contribution in [0.15, 0.2) is 71.8 Å². The van der Waals surface area contributed by atoms with E-state index in [0.29, 0.717) is 0 Å². The maximum Gasteiger partial charge on any atom is 0.119 e. The van der Waals surface area contributed by atoms with E-state index in [-0.39, 0.29) is 0 Å². The summed E-state index contributed by atoms with van der Waals surface area (Å²) >= 11 is 1.88. The molecule has 3 nitrogen and oxygen atoms in total. The molecule has 0 atom stereocenters. The van der Waals surface area contributed by atoms with Gasteiger partial charge in [0.15, 0.2) is 0 Å². The molecule has 0 unspecified atom stereocenters. The number of nitrogens with zero attached hydrogens (tertiary/aromatic N) is 3. The van der Waals surface area contributed by atoms with E-state index in [9.17, 15) is 0 Å². The summed E-state index contributed by atoms with van der Waals surface area (Å²) in [6.07, 6.45) is 7.36. The topological polar surface area (TPSA) is 29.0 Å². The molecule has 1 aliphatic rings. The van der Waals surface area contributed by atoms with Gasteiger partial charge in [0.25, 0.3) is 0 Å². The molecule has 32 heavy (non-hydrogen) atoms. The summed E-state index contributed by atoms with van der Waals surface area (Å²) < 4.78 is 0. The van der Waals surface area contributed by atoms with Gasteiger partial charge in [0.05, 0.1) is 5.69 Å². The van der Waals surface area contributed by atoms with Gasteiger partial charge in [-0.05, 0) is 74.1 Å². The molecule has 4 heteroatoms. The minimum absolute atomic E-state index is 0.839. The molecular weight excluding hydrogens is 410 g/mol. The first kappa shape index (κ1) is 23.0. The highest BCUT2D eigenvalue weighted by atomic mass is 32.2. The van der Waals surface area contributed by atoms with E-state index in [4.69, 9.17) is 0 Å². The molecule has 0 N–H and O–H groups in total. The largest absolute Gasteiger partial charge is 0.299 e. The number of piperidine rings is 1. The van der Waals surface area contributed by atoms with Crippen LogP contribution in [0, 0.1) is 5.92 Å². The van der Waals surface area contributed by atoms with Crippen molar-refractivity contribution in [3.05, 3.63) is 77.9 Å². The third kappa shape index (κ3) is 6.66. The summed E-state index contributed by atoms with van der Waals surface area (Å²) in [5.41, 5.74) is 4.99. The Balaban J connectivity index is 1.27. The standard InChI is InChI=1S/C28H35N3S/c1-2-3-12-26-21-27(29-30-28(26)25-13-8-5-9-14-25)32-20-17-23-15-18-31(19-16-23)22-24-10-6-4-7-11-24/h4-11,13-14,21,23H,2-3,12,15-20,22H2,1H3. The Bertz CT molecular complexity index is 937. The van der Waals surface area contributed by atoms with E-state index >= 15 is 0 Å². The van der Waals surface area contributed by atoms with Gasteiger partial charge in [-0.2, -0.15) is 0 Å². The summed E-state index contributed by atoms with van der Waals surface area (Å²) in [6, 6.07) is 23.6. The average molecular weight is 446 g/mol. The number of likely N-dealkylation sites (tertiary alicyclic amines) is 1. The van der Waals surface area contributed by atoms with Crippen LogP contribution in [-0.2, 0) is 13.0 Å². The number of rotatable bonds is 10. The quantitative estimate of drug-likeness (QED) is 0.318. The predicted octanol–water partition coefficient (Wildman–Crippen LogP) is 6.88. The van der Waals surface area contributed by atoms with Crippen molar-refractivity contribution in [1.29, 1.82) is 0 Å². The zero-order valence-electron chi connectivity index (χ0n) is 19.2. The van der Waals surface area contributed by atoms with Crippen LogP contribution in [0.2, 0.25) is 0 Å². The Morgan fingerprint density at radius 3 is 2.38 bits per heavy atom. The maximum absolute atomic E-state index is 4.64. The van der Waals surface area contributed by atoms with E-state index in [0.717, 1.165) is 35.4 Å². The molecule has 3 aromatic rings. The highest BCUT2D eigenvalue weighted by Crippen LogP contribution is 2.28. The second-order valence-corrected chi connectivity index (χ2v) is 9.98. The van der Waals surface area contributed by atoms with Crippen LogP contribution >= 0.6 is 11.8 Å². The average Bonchev–Trinajstić information content (AvgIpc) is 2.85. The van der Waals surface area contributed by atoms with E-state index < -0.39 is 0 Å². The fourth-order valence-electron chi connectivity index (χ4n) is 4.48. The molecule has 0 radical (unpaired) electrons. The Morgan fingerprint density at radius 1 is 0.938 bits per heavy atom. The summed E-state index contributed by atoms with van der Waals surface area (Å²) in [6.45, 7) is 5.78. The lowest BCUT2D eigenvalue weighted by atomic mass is 9.94. The molecular formula is C28H35N3S. The molecule has 2 heterocycles. The van der Waals surface area contributed by atoms with E-state index in [1.807, 2.05) is 11.8 Å². The molecule has 0 bridgehead atoms. The van der Waals surface area contributed by atoms with E-state index in [2.05, 4.69) is 88.8 Å². The Kier molecular flexibility index (Phi) is 8.75. The zero-order valence-corrected chi connectivity index (χ0v) is 20.1. The Hall–Kier alpha value is -2.17. The summed E-state index contributed by atoms with van der Waals surface area (Å²) in [4.78, 5) is 2.60. The van der Waals surface area contributed by atoms with Crippen molar-refractivity contribution in [2.75, 3.05) is 18.8 Å². The molecule has 2 aromatic carbocycles. The number of aryl methyl sites for hydroxylation is 1.